The Kier molecular flexibility index (Phi) is 7.82. The molecular weight excluding hydrogens is 482 g/mol. The van der Waals surface area contributed by atoms with E-state index in [1.54, 1.807) is 19.2 Å². The van der Waals surface area contributed by atoms with Crippen molar-refractivity contribution in [2.75, 3.05) is 51.3 Å². The molecule has 1 aliphatic rings. The van der Waals surface area contributed by atoms with Crippen LogP contribution < -0.4 is 14.4 Å². The molecule has 1 aromatic heterocycles. The fourth-order valence-electron chi connectivity index (χ4n) is 3.61. The zero-order valence-electron chi connectivity index (χ0n) is 18.3. The number of aromatic nitrogens is 2. The number of rotatable bonds is 9. The summed E-state index contributed by atoms with van der Waals surface area (Å²) >= 11 is 7.25. The summed E-state index contributed by atoms with van der Waals surface area (Å²) in [5.74, 6) is 1.64. The molecule has 11 heteroatoms. The molecule has 0 aliphatic carbocycles. The summed E-state index contributed by atoms with van der Waals surface area (Å²) in [5, 5.41) is 1.44. The maximum absolute atomic E-state index is 12.4. The molecule has 1 aliphatic heterocycles. The monoisotopic (exact) mass is 507 g/mol. The first-order valence-electron chi connectivity index (χ1n) is 10.6. The average Bonchev–Trinajstić information content (AvgIpc) is 3.28. The summed E-state index contributed by atoms with van der Waals surface area (Å²) in [7, 11) is -1.87. The van der Waals surface area contributed by atoms with E-state index in [9.17, 15) is 8.42 Å². The Bertz CT molecular complexity index is 1160. The molecule has 1 fully saturated rings. The van der Waals surface area contributed by atoms with Gasteiger partial charge in [0.2, 0.25) is 15.2 Å². The third kappa shape index (κ3) is 6.42. The van der Waals surface area contributed by atoms with Gasteiger partial charge in [0, 0.05) is 62.2 Å². The number of benzene rings is 2. The quantitative estimate of drug-likeness (QED) is 0.476. The van der Waals surface area contributed by atoms with Gasteiger partial charge < -0.3 is 9.64 Å². The van der Waals surface area contributed by atoms with Crippen LogP contribution in [0, 0.1) is 0 Å². The number of nitrogens with one attached hydrogen (secondary N) is 1. The number of methoxy groups -OCH3 is 1. The number of hydrogen-bond acceptors (Lipinski definition) is 8. The molecule has 1 saturated heterocycles. The molecule has 4 rings (SSSR count). The third-order valence-corrected chi connectivity index (χ3v) is 7.98. The van der Waals surface area contributed by atoms with Gasteiger partial charge in [-0.05, 0) is 42.0 Å². The highest BCUT2D eigenvalue weighted by atomic mass is 35.5. The van der Waals surface area contributed by atoms with Crippen molar-refractivity contribution in [2.24, 2.45) is 0 Å². The lowest BCUT2D eigenvalue weighted by molar-refractivity contribution is 0.262. The van der Waals surface area contributed by atoms with Crippen molar-refractivity contribution < 1.29 is 13.2 Å². The molecule has 2 heterocycles. The second-order valence-electron chi connectivity index (χ2n) is 7.70. The lowest BCUT2D eigenvalue weighted by atomic mass is 10.1. The van der Waals surface area contributed by atoms with Crippen molar-refractivity contribution in [3.05, 3.63) is 64.9 Å². The minimum absolute atomic E-state index is 0.220. The van der Waals surface area contributed by atoms with Crippen molar-refractivity contribution in [3.8, 4) is 5.75 Å². The first-order chi connectivity index (χ1) is 15.9. The van der Waals surface area contributed by atoms with Crippen LogP contribution in [0.1, 0.15) is 11.4 Å². The van der Waals surface area contributed by atoms with Crippen molar-refractivity contribution in [2.45, 2.75) is 11.3 Å². The molecule has 176 valence electrons. The highest BCUT2D eigenvalue weighted by Gasteiger charge is 2.21. The maximum Gasteiger partial charge on any atom is 0.240 e. The van der Waals surface area contributed by atoms with Crippen molar-refractivity contribution in [1.29, 1.82) is 0 Å². The van der Waals surface area contributed by atoms with Gasteiger partial charge in [0.25, 0.3) is 0 Å². The van der Waals surface area contributed by atoms with Gasteiger partial charge in [-0.15, -0.1) is 0 Å². The minimum Gasteiger partial charge on any atom is -0.497 e. The fraction of sp³-hybridized carbons (Fsp3) is 0.364. The van der Waals surface area contributed by atoms with Crippen LogP contribution in [0.5, 0.6) is 5.75 Å². The van der Waals surface area contributed by atoms with Crippen LogP contribution in [0.15, 0.2) is 53.4 Å². The molecule has 0 radical (unpaired) electrons. The Morgan fingerprint density at radius 3 is 2.61 bits per heavy atom. The van der Waals surface area contributed by atoms with E-state index in [0.29, 0.717) is 24.5 Å². The number of piperazine rings is 1. The van der Waals surface area contributed by atoms with Crippen LogP contribution in [0.4, 0.5) is 5.13 Å². The van der Waals surface area contributed by atoms with Gasteiger partial charge in [0.1, 0.15) is 11.6 Å². The molecule has 0 spiro atoms. The van der Waals surface area contributed by atoms with E-state index in [4.69, 9.17) is 21.3 Å². The van der Waals surface area contributed by atoms with E-state index in [-0.39, 0.29) is 4.90 Å². The van der Waals surface area contributed by atoms with Gasteiger partial charge in [0.05, 0.1) is 12.0 Å². The Morgan fingerprint density at radius 2 is 1.88 bits per heavy atom. The summed E-state index contributed by atoms with van der Waals surface area (Å²) < 4.78 is 37.2. The van der Waals surface area contributed by atoms with Gasteiger partial charge in [-0.25, -0.2) is 18.1 Å². The van der Waals surface area contributed by atoms with Crippen LogP contribution in [-0.4, -0.2) is 69.1 Å². The lowest BCUT2D eigenvalue weighted by Crippen LogP contribution is -2.48. The summed E-state index contributed by atoms with van der Waals surface area (Å²) in [4.78, 5) is 9.42. The normalized spacial score (nSPS) is 15.0. The van der Waals surface area contributed by atoms with E-state index in [1.165, 1.54) is 23.7 Å². The first-order valence-corrected chi connectivity index (χ1v) is 13.2. The Balaban J connectivity index is 1.23. The second-order valence-corrected chi connectivity index (χ2v) is 10.6. The van der Waals surface area contributed by atoms with E-state index >= 15 is 0 Å². The molecule has 8 nitrogen and oxygen atoms in total. The largest absolute Gasteiger partial charge is 0.497 e. The Labute approximate surface area is 203 Å². The van der Waals surface area contributed by atoms with E-state index in [1.807, 2.05) is 24.3 Å². The molecule has 0 bridgehead atoms. The predicted molar refractivity (Wildman–Crippen MR) is 131 cm³/mol. The van der Waals surface area contributed by atoms with Crippen LogP contribution in [0.3, 0.4) is 0 Å². The molecule has 0 unspecified atom stereocenters. The number of ether oxygens (including phenoxy) is 1. The number of halogens is 1. The molecule has 0 saturated carbocycles. The van der Waals surface area contributed by atoms with Gasteiger partial charge in [-0.1, -0.05) is 23.7 Å². The molecule has 1 N–H and O–H groups in total. The van der Waals surface area contributed by atoms with E-state index in [2.05, 4.69) is 18.9 Å². The predicted octanol–water partition coefficient (Wildman–Crippen LogP) is 2.89. The molecule has 0 atom stereocenters. The molecular formula is C22H26ClN5O3S2. The Morgan fingerprint density at radius 1 is 1.12 bits per heavy atom. The number of hydrogen-bond donors (Lipinski definition) is 1. The molecule has 3 aromatic rings. The van der Waals surface area contributed by atoms with Crippen LogP contribution in [0.2, 0.25) is 5.02 Å². The van der Waals surface area contributed by atoms with Crippen molar-refractivity contribution in [1.82, 2.24) is 19.0 Å². The topological polar surface area (TPSA) is 87.7 Å². The van der Waals surface area contributed by atoms with Gasteiger partial charge in [-0.3, -0.25) is 4.90 Å². The van der Waals surface area contributed by atoms with Crippen molar-refractivity contribution >= 4 is 38.3 Å². The highest BCUT2D eigenvalue weighted by molar-refractivity contribution is 7.89. The molecule has 0 amide bonds. The second kappa shape index (κ2) is 10.8. The fourth-order valence-corrected chi connectivity index (χ4v) is 5.49. The van der Waals surface area contributed by atoms with Crippen LogP contribution in [0.25, 0.3) is 0 Å². The number of anilines is 1. The summed E-state index contributed by atoms with van der Waals surface area (Å²) in [6, 6.07) is 14.1. The smallest absolute Gasteiger partial charge is 0.240 e. The minimum atomic E-state index is -3.53. The highest BCUT2D eigenvalue weighted by Crippen LogP contribution is 2.22. The maximum atomic E-state index is 12.4. The Hall–Kier alpha value is -2.24. The van der Waals surface area contributed by atoms with E-state index in [0.717, 1.165) is 48.4 Å². The average molecular weight is 508 g/mol. The number of nitrogens with zero attached hydrogens (tertiary/aromatic N) is 4. The van der Waals surface area contributed by atoms with E-state index < -0.39 is 10.0 Å². The third-order valence-electron chi connectivity index (χ3n) is 5.44. The van der Waals surface area contributed by atoms with Crippen LogP contribution >= 0.6 is 23.1 Å². The summed E-state index contributed by atoms with van der Waals surface area (Å²) in [6.45, 7) is 4.35. The standard InChI is InChI=1S/C22H26ClN5O3S2/c1-31-19-4-2-3-17(15-19)16-21-25-22(32-26-21)28-13-11-27(12-14-28)10-9-24-33(29,30)20-7-5-18(23)6-8-20/h2-8,15,24H,9-14,16H2,1H3. The summed E-state index contributed by atoms with van der Waals surface area (Å²) in [6.07, 6.45) is 0.668. The van der Waals surface area contributed by atoms with Gasteiger partial charge in [-0.2, -0.15) is 4.37 Å². The zero-order valence-corrected chi connectivity index (χ0v) is 20.7. The first kappa shape index (κ1) is 23.9. The van der Waals surface area contributed by atoms with Crippen molar-refractivity contribution in [3.63, 3.8) is 0 Å². The SMILES string of the molecule is COc1cccc(Cc2nsc(N3CCN(CCNS(=O)(=O)c4ccc(Cl)cc4)CC3)n2)c1. The summed E-state index contributed by atoms with van der Waals surface area (Å²) in [5.41, 5.74) is 1.12. The van der Waals surface area contributed by atoms with Crippen LogP contribution in [-0.2, 0) is 16.4 Å². The lowest BCUT2D eigenvalue weighted by Gasteiger charge is -2.34. The van der Waals surface area contributed by atoms with Gasteiger partial charge in [0.15, 0.2) is 0 Å². The molecule has 2 aromatic carbocycles. The number of sulfonamides is 1. The van der Waals surface area contributed by atoms with Gasteiger partial charge >= 0.3 is 0 Å². The molecule has 33 heavy (non-hydrogen) atoms. The zero-order chi connectivity index (χ0) is 23.3.